The number of amides is 3. The lowest BCUT2D eigenvalue weighted by molar-refractivity contribution is -0.384. The molecule has 0 saturated heterocycles. The minimum Gasteiger partial charge on any atom is -0.463 e. The zero-order valence-corrected chi connectivity index (χ0v) is 19.7. The molecule has 1 heterocycles. The summed E-state index contributed by atoms with van der Waals surface area (Å²) in [6.07, 6.45) is 0. The van der Waals surface area contributed by atoms with E-state index in [2.05, 4.69) is 16.0 Å². The Balaban J connectivity index is 1.72. The zero-order chi connectivity index (χ0) is 26.2. The van der Waals surface area contributed by atoms with Gasteiger partial charge in [0, 0.05) is 22.7 Å². The van der Waals surface area contributed by atoms with Crippen molar-refractivity contribution in [2.24, 2.45) is 0 Å². The van der Waals surface area contributed by atoms with Gasteiger partial charge in [-0.25, -0.2) is 9.59 Å². The van der Waals surface area contributed by atoms with Gasteiger partial charge in [0.1, 0.15) is 13.2 Å². The predicted molar refractivity (Wildman–Crippen MR) is 126 cm³/mol. The highest BCUT2D eigenvalue weighted by molar-refractivity contribution is 6.30. The van der Waals surface area contributed by atoms with Crippen LogP contribution in [0.15, 0.2) is 59.8 Å². The van der Waals surface area contributed by atoms with Crippen molar-refractivity contribution in [3.63, 3.8) is 0 Å². The standard InChI is InChI=1S/C23H21ClN4O8/c1-2-35-22(31)19-17(26-23(32)27-20(19)13-6-8-15(24)9-7-13)12-36-18(29)11-25-21(30)14-4-3-5-16(10-14)28(33)34/h3-10,20H,2,11-12H2,1H3,(H,25,30)(H2,26,27,32). The minimum absolute atomic E-state index is 0.00973. The van der Waals surface area contributed by atoms with Crippen LogP contribution in [-0.2, 0) is 19.1 Å². The first-order valence-electron chi connectivity index (χ1n) is 10.6. The molecule has 0 fully saturated rings. The van der Waals surface area contributed by atoms with Crippen molar-refractivity contribution in [2.45, 2.75) is 13.0 Å². The monoisotopic (exact) mass is 516 g/mol. The highest BCUT2D eigenvalue weighted by atomic mass is 35.5. The molecule has 0 aromatic heterocycles. The topological polar surface area (TPSA) is 166 Å². The van der Waals surface area contributed by atoms with E-state index in [0.717, 1.165) is 6.07 Å². The van der Waals surface area contributed by atoms with Gasteiger partial charge in [-0.2, -0.15) is 0 Å². The number of carbonyl (C=O) groups excluding carboxylic acids is 4. The van der Waals surface area contributed by atoms with Gasteiger partial charge in [0.2, 0.25) is 0 Å². The molecule has 0 radical (unpaired) electrons. The largest absolute Gasteiger partial charge is 0.463 e. The van der Waals surface area contributed by atoms with E-state index in [1.54, 1.807) is 31.2 Å². The second-order valence-corrected chi connectivity index (χ2v) is 7.78. The molecule has 36 heavy (non-hydrogen) atoms. The number of halogens is 1. The van der Waals surface area contributed by atoms with Gasteiger partial charge in [-0.15, -0.1) is 0 Å². The van der Waals surface area contributed by atoms with E-state index in [-0.39, 0.29) is 29.1 Å². The molecule has 3 rings (SSSR count). The number of hydrogen-bond acceptors (Lipinski definition) is 8. The molecule has 3 amide bonds. The number of nitro benzene ring substituents is 1. The van der Waals surface area contributed by atoms with E-state index in [4.69, 9.17) is 21.1 Å². The molecule has 12 nitrogen and oxygen atoms in total. The SMILES string of the molecule is CCOC(=O)C1=C(COC(=O)CNC(=O)c2cccc([N+](=O)[O-])c2)NC(=O)NC1c1ccc(Cl)cc1. The van der Waals surface area contributed by atoms with Crippen LogP contribution in [0.1, 0.15) is 28.9 Å². The molecule has 3 N–H and O–H groups in total. The van der Waals surface area contributed by atoms with Crippen molar-refractivity contribution in [2.75, 3.05) is 19.8 Å². The highest BCUT2D eigenvalue weighted by Gasteiger charge is 2.34. The van der Waals surface area contributed by atoms with Gasteiger partial charge in [-0.05, 0) is 30.7 Å². The third-order valence-electron chi connectivity index (χ3n) is 4.94. The Kier molecular flexibility index (Phi) is 8.57. The Bertz CT molecular complexity index is 1230. The second kappa shape index (κ2) is 11.8. The van der Waals surface area contributed by atoms with Crippen LogP contribution >= 0.6 is 11.6 Å². The van der Waals surface area contributed by atoms with Gasteiger partial charge in [0.15, 0.2) is 0 Å². The first kappa shape index (κ1) is 26.2. The van der Waals surface area contributed by atoms with Crippen molar-refractivity contribution < 1.29 is 33.6 Å². The maximum atomic E-state index is 12.7. The maximum Gasteiger partial charge on any atom is 0.338 e. The van der Waals surface area contributed by atoms with Gasteiger partial charge >= 0.3 is 18.0 Å². The van der Waals surface area contributed by atoms with E-state index in [9.17, 15) is 29.3 Å². The maximum absolute atomic E-state index is 12.7. The lowest BCUT2D eigenvalue weighted by Crippen LogP contribution is -2.47. The van der Waals surface area contributed by atoms with E-state index in [0.29, 0.717) is 10.6 Å². The van der Waals surface area contributed by atoms with Crippen molar-refractivity contribution in [3.05, 3.63) is 86.1 Å². The highest BCUT2D eigenvalue weighted by Crippen LogP contribution is 2.28. The number of benzene rings is 2. The van der Waals surface area contributed by atoms with Crippen LogP contribution in [0.25, 0.3) is 0 Å². The average molecular weight is 517 g/mol. The van der Waals surface area contributed by atoms with Crippen molar-refractivity contribution >= 4 is 41.2 Å². The molecule has 0 saturated carbocycles. The summed E-state index contributed by atoms with van der Waals surface area (Å²) in [6, 6.07) is 9.91. The number of ether oxygens (including phenoxy) is 2. The van der Waals surface area contributed by atoms with E-state index in [1.165, 1.54) is 18.2 Å². The van der Waals surface area contributed by atoms with Gasteiger partial charge < -0.3 is 25.4 Å². The molecule has 1 aliphatic heterocycles. The number of nitro groups is 1. The number of hydrogen-bond donors (Lipinski definition) is 3. The van der Waals surface area contributed by atoms with Crippen molar-refractivity contribution in [3.8, 4) is 0 Å². The third-order valence-corrected chi connectivity index (χ3v) is 5.19. The van der Waals surface area contributed by atoms with Crippen LogP contribution in [0.5, 0.6) is 0 Å². The fourth-order valence-electron chi connectivity index (χ4n) is 3.31. The van der Waals surface area contributed by atoms with Crippen molar-refractivity contribution in [1.82, 2.24) is 16.0 Å². The van der Waals surface area contributed by atoms with Gasteiger partial charge in [0.05, 0.1) is 28.8 Å². The molecule has 188 valence electrons. The summed E-state index contributed by atoms with van der Waals surface area (Å²) in [5.41, 5.74) is 0.300. The normalized spacial score (nSPS) is 14.8. The molecule has 13 heteroatoms. The fourth-order valence-corrected chi connectivity index (χ4v) is 3.43. The Hall–Kier alpha value is -4.45. The molecule has 1 atom stereocenters. The summed E-state index contributed by atoms with van der Waals surface area (Å²) in [6.45, 7) is 0.641. The van der Waals surface area contributed by atoms with Crippen LogP contribution in [0.2, 0.25) is 5.02 Å². The minimum atomic E-state index is -0.891. The van der Waals surface area contributed by atoms with Crippen LogP contribution < -0.4 is 16.0 Å². The summed E-state index contributed by atoms with van der Waals surface area (Å²) in [5, 5.41) is 18.7. The van der Waals surface area contributed by atoms with Crippen LogP contribution in [0.3, 0.4) is 0 Å². The molecule has 0 aliphatic carbocycles. The van der Waals surface area contributed by atoms with Crippen LogP contribution in [-0.4, -0.2) is 48.6 Å². The number of urea groups is 1. The molecular weight excluding hydrogens is 496 g/mol. The number of nitrogens with zero attached hydrogens (tertiary/aromatic N) is 1. The summed E-state index contributed by atoms with van der Waals surface area (Å²) < 4.78 is 10.3. The molecular formula is C23H21ClN4O8. The number of rotatable bonds is 9. The molecule has 0 bridgehead atoms. The lowest BCUT2D eigenvalue weighted by Gasteiger charge is -2.29. The summed E-state index contributed by atoms with van der Waals surface area (Å²) in [7, 11) is 0. The van der Waals surface area contributed by atoms with E-state index < -0.39 is 48.0 Å². The van der Waals surface area contributed by atoms with Gasteiger partial charge in [0.25, 0.3) is 11.6 Å². The van der Waals surface area contributed by atoms with E-state index >= 15 is 0 Å². The molecule has 2 aromatic carbocycles. The number of carbonyl (C=O) groups is 4. The second-order valence-electron chi connectivity index (χ2n) is 7.35. The summed E-state index contributed by atoms with van der Waals surface area (Å²) in [4.78, 5) is 59.7. The lowest BCUT2D eigenvalue weighted by atomic mass is 9.95. The number of non-ortho nitro benzene ring substituents is 1. The Morgan fingerprint density at radius 1 is 1.14 bits per heavy atom. The number of nitrogens with one attached hydrogen (secondary N) is 3. The quantitative estimate of drug-likeness (QED) is 0.259. The first-order valence-corrected chi connectivity index (χ1v) is 11.0. The number of esters is 2. The summed E-state index contributed by atoms with van der Waals surface area (Å²) >= 11 is 5.93. The zero-order valence-electron chi connectivity index (χ0n) is 18.9. The predicted octanol–water partition coefficient (Wildman–Crippen LogP) is 2.39. The molecule has 2 aromatic rings. The van der Waals surface area contributed by atoms with Crippen LogP contribution in [0, 0.1) is 10.1 Å². The van der Waals surface area contributed by atoms with Crippen molar-refractivity contribution in [1.29, 1.82) is 0 Å². The van der Waals surface area contributed by atoms with E-state index in [1.807, 2.05) is 0 Å². The Morgan fingerprint density at radius 3 is 2.53 bits per heavy atom. The molecule has 0 spiro atoms. The average Bonchev–Trinajstić information content (AvgIpc) is 2.86. The Labute approximate surface area is 209 Å². The fraction of sp³-hybridized carbons (Fsp3) is 0.217. The smallest absolute Gasteiger partial charge is 0.338 e. The van der Waals surface area contributed by atoms with Crippen LogP contribution in [0.4, 0.5) is 10.5 Å². The Morgan fingerprint density at radius 2 is 1.86 bits per heavy atom. The first-order chi connectivity index (χ1) is 17.2. The molecule has 1 unspecified atom stereocenters. The third kappa shape index (κ3) is 6.57. The van der Waals surface area contributed by atoms with Gasteiger partial charge in [-0.1, -0.05) is 29.8 Å². The summed E-state index contributed by atoms with van der Waals surface area (Å²) in [5.74, 6) is -2.32. The molecule has 1 aliphatic rings. The van der Waals surface area contributed by atoms with Gasteiger partial charge in [-0.3, -0.25) is 19.7 Å².